The molecule has 0 saturated heterocycles. The fraction of sp³-hybridized carbons (Fsp3) is 0.381. The van der Waals surface area contributed by atoms with Gasteiger partial charge in [0.1, 0.15) is 16.7 Å². The van der Waals surface area contributed by atoms with E-state index in [0.29, 0.717) is 50.1 Å². The summed E-state index contributed by atoms with van der Waals surface area (Å²) in [6.45, 7) is 0.877. The van der Waals surface area contributed by atoms with E-state index in [4.69, 9.17) is 11.5 Å². The lowest BCUT2D eigenvalue weighted by molar-refractivity contribution is -0.139. The van der Waals surface area contributed by atoms with Crippen LogP contribution in [0.3, 0.4) is 0 Å². The molecule has 0 aromatic carbocycles. The highest BCUT2D eigenvalue weighted by Gasteiger charge is 2.17. The number of aliphatic carboxylic acids is 1. The van der Waals surface area contributed by atoms with Crippen molar-refractivity contribution in [2.45, 2.75) is 36.9 Å². The van der Waals surface area contributed by atoms with Crippen LogP contribution in [0.2, 0.25) is 0 Å². The zero-order chi connectivity index (χ0) is 23.3. The predicted molar refractivity (Wildman–Crippen MR) is 130 cm³/mol. The van der Waals surface area contributed by atoms with Crippen molar-refractivity contribution < 1.29 is 9.90 Å². The number of nitrogens with two attached hydrogens (primary N) is 2. The molecule has 1 aromatic rings. The maximum atomic E-state index is 11.5. The third kappa shape index (κ3) is 8.40. The van der Waals surface area contributed by atoms with Crippen LogP contribution in [0.1, 0.15) is 25.7 Å². The molecule has 0 bridgehead atoms. The second kappa shape index (κ2) is 13.6. The molecule has 1 heterocycles. The molecule has 9 nitrogen and oxygen atoms in total. The maximum Gasteiger partial charge on any atom is 0.320 e. The number of nitrogens with zero attached hydrogens (tertiary/aromatic N) is 4. The number of aromatic nitrogens is 2. The zero-order valence-corrected chi connectivity index (χ0v) is 19.9. The summed E-state index contributed by atoms with van der Waals surface area (Å²) in [5, 5.41) is 22.6. The number of carboxylic acids is 1. The second-order valence-electron chi connectivity index (χ2n) is 6.77. The molecule has 1 aliphatic carbocycles. The Morgan fingerprint density at radius 1 is 1.44 bits per heavy atom. The quantitative estimate of drug-likeness (QED) is 0.114. The molecule has 11 heteroatoms. The van der Waals surface area contributed by atoms with Crippen molar-refractivity contribution in [1.82, 2.24) is 14.9 Å². The molecule has 1 unspecified atom stereocenters. The molecule has 2 rings (SSSR count). The summed E-state index contributed by atoms with van der Waals surface area (Å²) in [6.07, 6.45) is 11.6. The molecule has 0 aliphatic heterocycles. The number of carboxylic acid groups (broad SMARTS) is 1. The largest absolute Gasteiger partial charge is 0.480 e. The first kappa shape index (κ1) is 25.5. The van der Waals surface area contributed by atoms with Crippen LogP contribution in [0.5, 0.6) is 0 Å². The van der Waals surface area contributed by atoms with Gasteiger partial charge in [0, 0.05) is 31.7 Å². The number of allylic oxidation sites excluding steroid dienone is 5. The van der Waals surface area contributed by atoms with Crippen molar-refractivity contribution in [1.29, 1.82) is 5.26 Å². The molecule has 6 N–H and O–H groups in total. The predicted octanol–water partition coefficient (Wildman–Crippen LogP) is 2.63. The summed E-state index contributed by atoms with van der Waals surface area (Å²) in [6, 6.07) is 1.52. The molecule has 1 aromatic heterocycles. The SMILES string of the molecule is N#CC1=C=C(n2c(Br)cnc2SCCNC(CCCN=C(N)N)C(=O)O)CC=CC=CC1. The fourth-order valence-corrected chi connectivity index (χ4v) is 4.34. The number of halogens is 1. The lowest BCUT2D eigenvalue weighted by atomic mass is 10.1. The van der Waals surface area contributed by atoms with Crippen LogP contribution >= 0.6 is 27.7 Å². The number of nitrogens with one attached hydrogen (secondary N) is 1. The summed E-state index contributed by atoms with van der Waals surface area (Å²) >= 11 is 5.02. The summed E-state index contributed by atoms with van der Waals surface area (Å²) in [7, 11) is 0. The van der Waals surface area contributed by atoms with E-state index in [1.165, 1.54) is 11.8 Å². The van der Waals surface area contributed by atoms with Gasteiger partial charge in [-0.25, -0.2) is 4.98 Å². The van der Waals surface area contributed by atoms with Gasteiger partial charge in [0.15, 0.2) is 11.1 Å². The van der Waals surface area contributed by atoms with Crippen molar-refractivity contribution in [3.8, 4) is 6.07 Å². The standard InChI is InChI=1S/C21H26BrN7O2S/c22-18-14-28-21(29(18)16-7-4-2-1-3-6-15(12-16)13-23)32-11-10-26-17(19(30)31)8-5-9-27-20(24)25/h1-4,14,17,26H,5-11H2,(H,30,31)(H4,24,25,27). The molecule has 1 aliphatic rings. The van der Waals surface area contributed by atoms with Gasteiger partial charge < -0.3 is 21.9 Å². The van der Waals surface area contributed by atoms with Gasteiger partial charge in [0.2, 0.25) is 0 Å². The molecule has 1 atom stereocenters. The van der Waals surface area contributed by atoms with E-state index in [0.717, 1.165) is 15.5 Å². The molecule has 32 heavy (non-hydrogen) atoms. The minimum atomic E-state index is -0.908. The summed E-state index contributed by atoms with van der Waals surface area (Å²) in [4.78, 5) is 19.8. The van der Waals surface area contributed by atoms with Crippen LogP contribution in [0.15, 0.2) is 56.6 Å². The van der Waals surface area contributed by atoms with Crippen molar-refractivity contribution >= 4 is 45.3 Å². The van der Waals surface area contributed by atoms with Crippen molar-refractivity contribution in [3.05, 3.63) is 46.4 Å². The Morgan fingerprint density at radius 3 is 2.88 bits per heavy atom. The van der Waals surface area contributed by atoms with Gasteiger partial charge in [-0.3, -0.25) is 14.4 Å². The lowest BCUT2D eigenvalue weighted by Gasteiger charge is -2.14. The number of hydrogen-bond acceptors (Lipinski definition) is 6. The number of hydrogen-bond donors (Lipinski definition) is 4. The zero-order valence-electron chi connectivity index (χ0n) is 17.5. The van der Waals surface area contributed by atoms with Gasteiger partial charge in [-0.2, -0.15) is 5.26 Å². The third-order valence-electron chi connectivity index (χ3n) is 4.37. The Bertz CT molecular complexity index is 996. The number of carbonyl (C=O) groups is 1. The highest BCUT2D eigenvalue weighted by molar-refractivity contribution is 9.10. The minimum Gasteiger partial charge on any atom is -0.480 e. The molecule has 170 valence electrons. The fourth-order valence-electron chi connectivity index (χ4n) is 2.87. The van der Waals surface area contributed by atoms with E-state index in [1.807, 2.05) is 28.9 Å². The van der Waals surface area contributed by atoms with Gasteiger partial charge in [-0.05, 0) is 28.8 Å². The molecule has 0 saturated carbocycles. The molecular formula is C21H26BrN7O2S. The minimum absolute atomic E-state index is 0.00131. The number of nitriles is 1. The Morgan fingerprint density at radius 2 is 2.19 bits per heavy atom. The molecule has 0 spiro atoms. The van der Waals surface area contributed by atoms with E-state index in [2.05, 4.69) is 43.0 Å². The summed E-state index contributed by atoms with van der Waals surface area (Å²) in [5.41, 5.74) is 15.1. The number of aliphatic imine (C=N–C) groups is 1. The number of thioether (sulfide) groups is 1. The Hall–Kier alpha value is -2.77. The van der Waals surface area contributed by atoms with E-state index >= 15 is 0 Å². The lowest BCUT2D eigenvalue weighted by Crippen LogP contribution is -2.38. The third-order valence-corrected chi connectivity index (χ3v) is 5.88. The van der Waals surface area contributed by atoms with E-state index in [-0.39, 0.29) is 5.96 Å². The highest BCUT2D eigenvalue weighted by atomic mass is 79.9. The van der Waals surface area contributed by atoms with Crippen LogP contribution < -0.4 is 16.8 Å². The number of guanidine groups is 1. The first-order valence-electron chi connectivity index (χ1n) is 10.0. The van der Waals surface area contributed by atoms with E-state index < -0.39 is 12.0 Å². The van der Waals surface area contributed by atoms with E-state index in [9.17, 15) is 15.2 Å². The molecular weight excluding hydrogens is 494 g/mol. The molecule has 0 radical (unpaired) electrons. The molecule has 0 fully saturated rings. The van der Waals surface area contributed by atoms with Crippen molar-refractivity contribution in [2.75, 3.05) is 18.8 Å². The van der Waals surface area contributed by atoms with Gasteiger partial charge in [-0.15, -0.1) is 0 Å². The Labute approximate surface area is 199 Å². The first-order valence-corrected chi connectivity index (χ1v) is 11.8. The van der Waals surface area contributed by atoms with Crippen molar-refractivity contribution in [2.24, 2.45) is 16.5 Å². The van der Waals surface area contributed by atoms with Crippen LogP contribution in [0, 0.1) is 11.3 Å². The first-order chi connectivity index (χ1) is 15.4. The Balaban J connectivity index is 2.01. The molecule has 0 amide bonds. The van der Waals surface area contributed by atoms with E-state index in [1.54, 1.807) is 6.20 Å². The average molecular weight is 520 g/mol. The van der Waals surface area contributed by atoms with Gasteiger partial charge >= 0.3 is 5.97 Å². The highest BCUT2D eigenvalue weighted by Crippen LogP contribution is 2.28. The van der Waals surface area contributed by atoms with Crippen LogP contribution in [-0.4, -0.2) is 51.5 Å². The topological polar surface area (TPSA) is 155 Å². The number of imidazole rings is 1. The number of rotatable bonds is 11. The maximum absolute atomic E-state index is 11.5. The van der Waals surface area contributed by atoms with Gasteiger partial charge in [0.25, 0.3) is 0 Å². The Kier molecular flexibility index (Phi) is 10.8. The van der Waals surface area contributed by atoms with Crippen LogP contribution in [0.25, 0.3) is 5.70 Å². The average Bonchev–Trinajstić information content (AvgIpc) is 3.16. The van der Waals surface area contributed by atoms with Crippen LogP contribution in [-0.2, 0) is 4.79 Å². The van der Waals surface area contributed by atoms with Gasteiger partial charge in [-0.1, -0.05) is 41.8 Å². The normalized spacial score (nSPS) is 14.4. The van der Waals surface area contributed by atoms with Gasteiger partial charge in [0.05, 0.1) is 17.5 Å². The smallest absolute Gasteiger partial charge is 0.320 e. The second-order valence-corrected chi connectivity index (χ2v) is 8.64. The monoisotopic (exact) mass is 519 g/mol. The summed E-state index contributed by atoms with van der Waals surface area (Å²) < 4.78 is 2.68. The van der Waals surface area contributed by atoms with Crippen molar-refractivity contribution in [3.63, 3.8) is 0 Å². The van der Waals surface area contributed by atoms with Crippen LogP contribution in [0.4, 0.5) is 0 Å². The summed E-state index contributed by atoms with van der Waals surface area (Å²) in [5.74, 6) is -0.295.